The van der Waals surface area contributed by atoms with Crippen LogP contribution < -0.4 is 75.6 Å². The molecule has 5 amide bonds. The molecular weight excluding hydrogens is 1720 g/mol. The number of nitrogens with two attached hydrogens (primary N) is 1. The first-order valence-electron chi connectivity index (χ1n) is 43.8. The predicted octanol–water partition coefficient (Wildman–Crippen LogP) is 14.4. The lowest BCUT2D eigenvalue weighted by atomic mass is 10.1. The number of benzene rings is 7. The van der Waals surface area contributed by atoms with E-state index in [2.05, 4.69) is 91.8 Å². The Hall–Kier alpha value is -16.9. The molecule has 1 aliphatic rings. The molecule has 0 spiro atoms. The van der Waals surface area contributed by atoms with Gasteiger partial charge in [-0.3, -0.25) is 68.3 Å². The lowest BCUT2D eigenvalue weighted by molar-refractivity contribution is 0.0724. The molecule has 7 aromatic carbocycles. The maximum Gasteiger partial charge on any atom is 0.412 e. The Labute approximate surface area is 783 Å². The van der Waals surface area contributed by atoms with Crippen LogP contribution in [0.2, 0.25) is 0 Å². The van der Waals surface area contributed by atoms with Gasteiger partial charge in [-0.05, 0) is 225 Å². The number of pyridine rings is 8. The standard InChI is InChI=1S/C25H29N5O4.C22H25N5O2.C20H21N5O2.C19H16N2O3.C18H14N2O2/c31-14-16-34-15-13-29-9-11-30(12-10-29)22-3-1-20(2-4-22)24(32)28-23-17-21(18-27-25(23)33)19-5-7-26-8-6-19;1-27(2)13-3-10-24-19-6-4-17(5-7-19)21(28)26-20-14-18(15-25-22(20)29)16-8-11-23-12-9-16;21-8-1-9-23-17-4-2-15(3-5-17)19(26)25-18-12-16(13-24-20(18)27)14-6-10-22-11-7-14;22-18-17(11-16(12-20-18)15-9-5-2-6-10-15)21-19(23)24-13-14-7-3-1-4-8-14;21-17(14-9-5-2-6-10-14)20-16-11-15(12-19-18(16)22)13-7-3-1-4-8-13/h1-8,17-18,31H,9-16H2,(H,27,33)(H,28,32);4-9,11-12,14-15,24H,3,10,13H2,1-2H3,(H,25,29)(H,26,28);2-7,10-13,23H,1,8-9,21H2,(H,24,27)(H,25,26);1-12H,13H2,(H,20,22)(H,21,23);1-12H,(H,19,22)(H,20,21). The van der Waals surface area contributed by atoms with Crippen molar-refractivity contribution < 1.29 is 38.6 Å². The van der Waals surface area contributed by atoms with E-state index in [1.165, 1.54) is 0 Å². The van der Waals surface area contributed by atoms with E-state index < -0.39 is 6.09 Å². The summed E-state index contributed by atoms with van der Waals surface area (Å²) in [6, 6.07) is 78.3. The van der Waals surface area contributed by atoms with E-state index in [1.807, 2.05) is 184 Å². The molecule has 0 atom stereocenters. The number of H-pyrrole nitrogens is 5. The Balaban J connectivity index is 0.000000154. The van der Waals surface area contributed by atoms with Crippen LogP contribution in [-0.2, 0) is 16.1 Å². The maximum absolute atomic E-state index is 12.8. The summed E-state index contributed by atoms with van der Waals surface area (Å²) in [6.45, 7) is 8.98. The lowest BCUT2D eigenvalue weighted by Crippen LogP contribution is -2.47. The van der Waals surface area contributed by atoms with Gasteiger partial charge < -0.3 is 86.9 Å². The molecule has 9 heterocycles. The van der Waals surface area contributed by atoms with Gasteiger partial charge in [-0.15, -0.1) is 0 Å². The summed E-state index contributed by atoms with van der Waals surface area (Å²) < 4.78 is 10.5. The largest absolute Gasteiger partial charge is 0.444 e. The average molecular weight is 1830 g/mol. The number of aromatic amines is 5. The van der Waals surface area contributed by atoms with Gasteiger partial charge in [-0.1, -0.05) is 109 Å². The van der Waals surface area contributed by atoms with Crippen molar-refractivity contribution in [3.05, 3.63) is 409 Å². The van der Waals surface area contributed by atoms with E-state index in [1.54, 1.807) is 159 Å². The summed E-state index contributed by atoms with van der Waals surface area (Å²) >= 11 is 0. The van der Waals surface area contributed by atoms with E-state index in [0.29, 0.717) is 42.0 Å². The van der Waals surface area contributed by atoms with Gasteiger partial charge in [0.1, 0.15) is 35.0 Å². The topological polar surface area (TPSA) is 447 Å². The maximum atomic E-state index is 12.8. The number of piperazine rings is 1. The molecule has 136 heavy (non-hydrogen) atoms. The number of aliphatic hydroxyl groups is 1. The summed E-state index contributed by atoms with van der Waals surface area (Å²) in [7, 11) is 4.09. The molecule has 0 saturated carbocycles. The molecule has 32 heteroatoms. The molecule has 0 unspecified atom stereocenters. The molecule has 1 aliphatic heterocycles. The summed E-state index contributed by atoms with van der Waals surface area (Å²) in [4.78, 5) is 154. The van der Waals surface area contributed by atoms with Gasteiger partial charge in [0.05, 0.1) is 19.8 Å². The number of anilines is 8. The number of carbonyl (C=O) groups excluding carboxylic acids is 5. The van der Waals surface area contributed by atoms with Gasteiger partial charge in [0.2, 0.25) is 0 Å². The number of aromatic nitrogens is 8. The van der Waals surface area contributed by atoms with Crippen LogP contribution in [0.3, 0.4) is 0 Å². The van der Waals surface area contributed by atoms with Crippen LogP contribution in [0, 0.1) is 0 Å². The second-order valence-corrected chi connectivity index (χ2v) is 31.0. The molecule has 8 aromatic heterocycles. The minimum absolute atomic E-state index is 0.0519. The second-order valence-electron chi connectivity index (χ2n) is 31.0. The van der Waals surface area contributed by atoms with Crippen molar-refractivity contribution in [2.75, 3.05) is 135 Å². The summed E-state index contributed by atoms with van der Waals surface area (Å²) in [5, 5.41) is 28.6. The quantitative estimate of drug-likeness (QED) is 0.0179. The fraction of sp³-hybridized carbons (Fsp3) is 0.163. The van der Waals surface area contributed by atoms with Gasteiger partial charge in [-0.2, -0.15) is 0 Å². The van der Waals surface area contributed by atoms with Gasteiger partial charge in [0.15, 0.2) is 0 Å². The zero-order valence-corrected chi connectivity index (χ0v) is 74.9. The highest BCUT2D eigenvalue weighted by Crippen LogP contribution is 2.27. The zero-order chi connectivity index (χ0) is 95.6. The van der Waals surface area contributed by atoms with Crippen molar-refractivity contribution in [2.45, 2.75) is 19.4 Å². The minimum Gasteiger partial charge on any atom is -0.444 e. The molecule has 16 rings (SSSR count). The molecular formula is C104H105N19O13. The normalized spacial score (nSPS) is 11.3. The summed E-state index contributed by atoms with van der Waals surface area (Å²) in [6.07, 6.45) is 19.4. The van der Waals surface area contributed by atoms with Gasteiger partial charge in [0.25, 0.3) is 51.4 Å². The monoisotopic (exact) mass is 1830 g/mol. The van der Waals surface area contributed by atoms with Crippen LogP contribution in [0.5, 0.6) is 0 Å². The highest BCUT2D eigenvalue weighted by molar-refractivity contribution is 6.07. The molecule has 32 nitrogen and oxygen atoms in total. The molecule has 0 radical (unpaired) electrons. The van der Waals surface area contributed by atoms with Crippen molar-refractivity contribution in [2.24, 2.45) is 5.73 Å². The number of amides is 5. The van der Waals surface area contributed by atoms with Crippen LogP contribution in [-0.4, -0.2) is 177 Å². The number of ether oxygens (including phenoxy) is 2. The van der Waals surface area contributed by atoms with Gasteiger partial charge in [0, 0.05) is 181 Å². The Morgan fingerprint density at radius 1 is 0.382 bits per heavy atom. The van der Waals surface area contributed by atoms with Crippen molar-refractivity contribution in [3.8, 4) is 55.6 Å². The zero-order valence-electron chi connectivity index (χ0n) is 74.9. The highest BCUT2D eigenvalue weighted by Gasteiger charge is 2.21. The molecule has 15 aromatic rings. The molecule has 15 N–H and O–H groups in total. The van der Waals surface area contributed by atoms with Gasteiger partial charge >= 0.3 is 6.09 Å². The van der Waals surface area contributed by atoms with Crippen LogP contribution in [0.4, 0.5) is 50.3 Å². The van der Waals surface area contributed by atoms with Crippen LogP contribution >= 0.6 is 0 Å². The molecule has 1 saturated heterocycles. The third-order valence-electron chi connectivity index (χ3n) is 21.0. The minimum atomic E-state index is -0.672. The lowest BCUT2D eigenvalue weighted by Gasteiger charge is -2.36. The van der Waals surface area contributed by atoms with Crippen LogP contribution in [0.1, 0.15) is 59.8 Å². The number of aliphatic hydroxyl groups excluding tert-OH is 1. The predicted molar refractivity (Wildman–Crippen MR) is 534 cm³/mol. The highest BCUT2D eigenvalue weighted by atomic mass is 16.5. The number of rotatable bonds is 31. The summed E-state index contributed by atoms with van der Waals surface area (Å²) in [5.41, 5.74) is 19.0. The number of hydrogen-bond acceptors (Lipinski definition) is 22. The Bertz CT molecular complexity index is 6660. The van der Waals surface area contributed by atoms with E-state index >= 15 is 0 Å². The van der Waals surface area contributed by atoms with E-state index in [9.17, 15) is 47.9 Å². The molecule has 0 aliphatic carbocycles. The van der Waals surface area contributed by atoms with Crippen molar-refractivity contribution in [1.29, 1.82) is 0 Å². The number of nitrogens with one attached hydrogen (secondary N) is 12. The second kappa shape index (κ2) is 51.6. The first-order chi connectivity index (χ1) is 66.3. The average Bonchev–Trinajstić information content (AvgIpc) is 0.848. The Morgan fingerprint density at radius 2 is 0.706 bits per heavy atom. The molecule has 694 valence electrons. The van der Waals surface area contributed by atoms with Crippen molar-refractivity contribution in [1.82, 2.24) is 49.7 Å². The number of carbonyl (C=O) groups is 5. The van der Waals surface area contributed by atoms with Crippen LogP contribution in [0.15, 0.2) is 353 Å². The van der Waals surface area contributed by atoms with Crippen LogP contribution in [0.25, 0.3) is 55.6 Å². The summed E-state index contributed by atoms with van der Waals surface area (Å²) in [5.74, 6) is -1.32. The van der Waals surface area contributed by atoms with Gasteiger partial charge in [-0.25, -0.2) is 4.79 Å². The Morgan fingerprint density at radius 3 is 1.06 bits per heavy atom. The fourth-order valence-electron chi connectivity index (χ4n) is 13.7. The number of hydrogen-bond donors (Lipinski definition) is 14. The van der Waals surface area contributed by atoms with E-state index in [4.69, 9.17) is 20.3 Å². The first kappa shape index (κ1) is 98.1. The third kappa shape index (κ3) is 30.6. The molecule has 1 fully saturated rings. The SMILES string of the molecule is CN(C)CCCNc1ccc(C(=O)Nc2cc(-c3ccncc3)c[nH]c2=O)cc1.NCCCNc1ccc(C(=O)Nc2cc(-c3ccncc3)c[nH]c2=O)cc1.O=C(Nc1cc(-c2ccccc2)c[nH]c1=O)OCc1ccccc1.O=C(Nc1cc(-c2ccccc2)c[nH]c1=O)c1ccccc1.O=C(Nc1cc(-c2ccncc2)c[nH]c1=O)c1ccc(N2CCN(CCOCCO)CC2)cc1. The Kier molecular flexibility index (Phi) is 37.3. The van der Waals surface area contributed by atoms with Crippen molar-refractivity contribution in [3.63, 3.8) is 0 Å². The molecule has 0 bridgehead atoms. The number of nitrogens with zero attached hydrogens (tertiary/aromatic N) is 6. The smallest absolute Gasteiger partial charge is 0.412 e. The van der Waals surface area contributed by atoms with E-state index in [0.717, 1.165) is 143 Å². The third-order valence-corrected chi connectivity index (χ3v) is 21.0. The van der Waals surface area contributed by atoms with Crippen molar-refractivity contribution >= 4 is 75.2 Å². The van der Waals surface area contributed by atoms with E-state index in [-0.39, 0.29) is 93.1 Å². The fourth-order valence-corrected chi connectivity index (χ4v) is 13.7. The first-order valence-corrected chi connectivity index (χ1v) is 43.8.